The van der Waals surface area contributed by atoms with Crippen LogP contribution in [0.25, 0.3) is 0 Å². The van der Waals surface area contributed by atoms with Crippen molar-refractivity contribution in [2.45, 2.75) is 6.42 Å². The van der Waals surface area contributed by atoms with E-state index in [1.54, 1.807) is 17.5 Å². The van der Waals surface area contributed by atoms with Crippen molar-refractivity contribution in [2.75, 3.05) is 12.8 Å². The molecule has 0 aliphatic rings. The lowest BCUT2D eigenvalue weighted by Crippen LogP contribution is -2.05. The third-order valence-electron chi connectivity index (χ3n) is 2.37. The standard InChI is InChI=1S/C11H12N2O2S/c1-15-11(14)10-9(12)8(5-13-10)4-7-2-3-16-6-7/h2-3,5-6,13H,4,12H2,1H3. The minimum atomic E-state index is -0.436. The quantitative estimate of drug-likeness (QED) is 0.801. The Labute approximate surface area is 97.0 Å². The first-order valence-corrected chi connectivity index (χ1v) is 5.71. The molecule has 0 bridgehead atoms. The fourth-order valence-corrected chi connectivity index (χ4v) is 2.17. The van der Waals surface area contributed by atoms with Crippen molar-refractivity contribution in [3.05, 3.63) is 39.8 Å². The number of methoxy groups -OCH3 is 1. The zero-order chi connectivity index (χ0) is 11.5. The number of thiophene rings is 1. The third-order valence-corrected chi connectivity index (χ3v) is 3.10. The van der Waals surface area contributed by atoms with E-state index in [4.69, 9.17) is 5.73 Å². The Balaban J connectivity index is 2.23. The van der Waals surface area contributed by atoms with Crippen molar-refractivity contribution in [3.8, 4) is 0 Å². The molecule has 0 aromatic carbocycles. The molecule has 4 nitrogen and oxygen atoms in total. The van der Waals surface area contributed by atoms with E-state index in [-0.39, 0.29) is 0 Å². The molecule has 0 saturated carbocycles. The maximum atomic E-state index is 11.3. The Morgan fingerprint density at radius 1 is 1.62 bits per heavy atom. The van der Waals surface area contributed by atoms with E-state index in [2.05, 4.69) is 15.1 Å². The molecule has 0 saturated heterocycles. The van der Waals surface area contributed by atoms with Gasteiger partial charge in [0.1, 0.15) is 5.69 Å². The summed E-state index contributed by atoms with van der Waals surface area (Å²) in [6, 6.07) is 2.04. The highest BCUT2D eigenvalue weighted by molar-refractivity contribution is 7.07. The van der Waals surface area contributed by atoms with E-state index in [0.717, 1.165) is 12.0 Å². The number of ether oxygens (including phenoxy) is 1. The zero-order valence-electron chi connectivity index (χ0n) is 8.82. The zero-order valence-corrected chi connectivity index (χ0v) is 9.64. The number of esters is 1. The molecule has 2 heterocycles. The molecule has 0 amide bonds. The molecule has 2 aromatic rings. The number of anilines is 1. The largest absolute Gasteiger partial charge is 0.464 e. The normalized spacial score (nSPS) is 10.3. The summed E-state index contributed by atoms with van der Waals surface area (Å²) in [6.07, 6.45) is 2.47. The van der Waals surface area contributed by atoms with Crippen LogP contribution in [0.1, 0.15) is 21.6 Å². The van der Waals surface area contributed by atoms with Crippen LogP contribution in [0.2, 0.25) is 0 Å². The molecule has 0 fully saturated rings. The molecule has 16 heavy (non-hydrogen) atoms. The van der Waals surface area contributed by atoms with Gasteiger partial charge in [-0.3, -0.25) is 0 Å². The Morgan fingerprint density at radius 2 is 2.44 bits per heavy atom. The minimum absolute atomic E-state index is 0.327. The molecular weight excluding hydrogens is 224 g/mol. The molecule has 0 aliphatic heterocycles. The van der Waals surface area contributed by atoms with E-state index >= 15 is 0 Å². The van der Waals surface area contributed by atoms with Crippen molar-refractivity contribution < 1.29 is 9.53 Å². The van der Waals surface area contributed by atoms with Crippen LogP contribution in [-0.2, 0) is 11.2 Å². The van der Waals surface area contributed by atoms with Gasteiger partial charge in [0.15, 0.2) is 0 Å². The average molecular weight is 236 g/mol. The van der Waals surface area contributed by atoms with Gasteiger partial charge in [-0.25, -0.2) is 4.79 Å². The van der Waals surface area contributed by atoms with E-state index in [1.165, 1.54) is 12.7 Å². The summed E-state index contributed by atoms with van der Waals surface area (Å²) in [7, 11) is 1.33. The first-order valence-electron chi connectivity index (χ1n) is 4.77. The van der Waals surface area contributed by atoms with Gasteiger partial charge in [0, 0.05) is 12.6 Å². The van der Waals surface area contributed by atoms with Gasteiger partial charge in [0.05, 0.1) is 12.8 Å². The van der Waals surface area contributed by atoms with Crippen LogP contribution in [0.3, 0.4) is 0 Å². The van der Waals surface area contributed by atoms with Crippen LogP contribution >= 0.6 is 11.3 Å². The van der Waals surface area contributed by atoms with Gasteiger partial charge in [-0.15, -0.1) is 0 Å². The molecule has 5 heteroatoms. The molecule has 2 aromatic heterocycles. The van der Waals surface area contributed by atoms with Gasteiger partial charge in [-0.2, -0.15) is 11.3 Å². The van der Waals surface area contributed by atoms with Gasteiger partial charge < -0.3 is 15.5 Å². The van der Waals surface area contributed by atoms with Crippen molar-refractivity contribution in [2.24, 2.45) is 0 Å². The first-order chi connectivity index (χ1) is 7.72. The monoisotopic (exact) mass is 236 g/mol. The number of nitrogens with two attached hydrogens (primary N) is 1. The van der Waals surface area contributed by atoms with Gasteiger partial charge in [0.25, 0.3) is 0 Å². The molecule has 0 spiro atoms. The molecule has 0 unspecified atom stereocenters. The third kappa shape index (κ3) is 1.94. The summed E-state index contributed by atoms with van der Waals surface area (Å²) < 4.78 is 4.62. The number of hydrogen-bond donors (Lipinski definition) is 2. The molecule has 0 atom stereocenters. The van der Waals surface area contributed by atoms with Crippen molar-refractivity contribution in [3.63, 3.8) is 0 Å². The maximum absolute atomic E-state index is 11.3. The van der Waals surface area contributed by atoms with Crippen LogP contribution in [0.4, 0.5) is 5.69 Å². The number of nitrogens with one attached hydrogen (secondary N) is 1. The lowest BCUT2D eigenvalue weighted by molar-refractivity contribution is 0.0596. The second kappa shape index (κ2) is 4.40. The molecular formula is C11H12N2O2S. The number of aromatic nitrogens is 1. The Morgan fingerprint density at radius 3 is 3.06 bits per heavy atom. The minimum Gasteiger partial charge on any atom is -0.464 e. The fourth-order valence-electron chi connectivity index (χ4n) is 1.51. The second-order valence-corrected chi connectivity index (χ2v) is 4.18. The Hall–Kier alpha value is -1.75. The summed E-state index contributed by atoms with van der Waals surface area (Å²) in [6.45, 7) is 0. The number of H-pyrrole nitrogens is 1. The summed E-state index contributed by atoms with van der Waals surface area (Å²) in [4.78, 5) is 14.2. The maximum Gasteiger partial charge on any atom is 0.356 e. The Kier molecular flexibility index (Phi) is 2.96. The lowest BCUT2D eigenvalue weighted by atomic mass is 10.1. The van der Waals surface area contributed by atoms with Gasteiger partial charge in [-0.1, -0.05) is 0 Å². The summed E-state index contributed by atoms with van der Waals surface area (Å²) in [5, 5.41) is 4.07. The van der Waals surface area contributed by atoms with Crippen LogP contribution < -0.4 is 5.73 Å². The topological polar surface area (TPSA) is 68.1 Å². The van der Waals surface area contributed by atoms with Crippen molar-refractivity contribution in [1.29, 1.82) is 0 Å². The van der Waals surface area contributed by atoms with E-state index in [0.29, 0.717) is 11.4 Å². The number of nitrogen functional groups attached to an aromatic ring is 1. The molecule has 2 rings (SSSR count). The van der Waals surface area contributed by atoms with E-state index in [9.17, 15) is 4.79 Å². The highest BCUT2D eigenvalue weighted by atomic mass is 32.1. The number of rotatable bonds is 3. The number of hydrogen-bond acceptors (Lipinski definition) is 4. The predicted octanol–water partition coefficient (Wildman–Crippen LogP) is 2.04. The van der Waals surface area contributed by atoms with Crippen molar-refractivity contribution >= 4 is 23.0 Å². The number of aromatic amines is 1. The van der Waals surface area contributed by atoms with Crippen molar-refractivity contribution in [1.82, 2.24) is 4.98 Å². The lowest BCUT2D eigenvalue weighted by Gasteiger charge is -1.99. The highest BCUT2D eigenvalue weighted by Crippen LogP contribution is 2.21. The van der Waals surface area contributed by atoms with E-state index < -0.39 is 5.97 Å². The number of carbonyl (C=O) groups is 1. The SMILES string of the molecule is COC(=O)c1[nH]cc(Cc2ccsc2)c1N. The van der Waals surface area contributed by atoms with Crippen LogP contribution in [0.5, 0.6) is 0 Å². The van der Waals surface area contributed by atoms with Gasteiger partial charge in [0.2, 0.25) is 0 Å². The average Bonchev–Trinajstić information content (AvgIpc) is 2.90. The molecule has 0 radical (unpaired) electrons. The summed E-state index contributed by atoms with van der Waals surface area (Å²) >= 11 is 1.64. The molecule has 3 N–H and O–H groups in total. The van der Waals surface area contributed by atoms with Crippen LogP contribution in [0.15, 0.2) is 23.0 Å². The molecule has 84 valence electrons. The number of carbonyl (C=O) groups excluding carboxylic acids is 1. The highest BCUT2D eigenvalue weighted by Gasteiger charge is 2.15. The van der Waals surface area contributed by atoms with Crippen LogP contribution in [-0.4, -0.2) is 18.1 Å². The Bertz CT molecular complexity index is 488. The molecule has 0 aliphatic carbocycles. The first kappa shape index (κ1) is 10.8. The van der Waals surface area contributed by atoms with Gasteiger partial charge in [-0.05, 0) is 28.0 Å². The smallest absolute Gasteiger partial charge is 0.356 e. The van der Waals surface area contributed by atoms with E-state index in [1.807, 2.05) is 11.4 Å². The fraction of sp³-hybridized carbons (Fsp3) is 0.182. The van der Waals surface area contributed by atoms with Gasteiger partial charge >= 0.3 is 5.97 Å². The summed E-state index contributed by atoms with van der Waals surface area (Å²) in [5.41, 5.74) is 8.77. The van der Waals surface area contributed by atoms with Crippen LogP contribution in [0, 0.1) is 0 Å². The summed E-state index contributed by atoms with van der Waals surface area (Å²) in [5.74, 6) is -0.436. The second-order valence-electron chi connectivity index (χ2n) is 3.40. The predicted molar refractivity (Wildman–Crippen MR) is 63.7 cm³/mol.